The van der Waals surface area contributed by atoms with Gasteiger partial charge in [-0.3, -0.25) is 0 Å². The molecule has 2 heterocycles. The van der Waals surface area contributed by atoms with Crippen molar-refractivity contribution in [3.63, 3.8) is 0 Å². The Balaban J connectivity index is 1.62. The molecule has 1 fully saturated rings. The number of fused-ring (bicyclic) bond motifs is 1. The molecule has 1 aromatic heterocycles. The van der Waals surface area contributed by atoms with Crippen molar-refractivity contribution in [3.05, 3.63) is 41.4 Å². The van der Waals surface area contributed by atoms with Crippen molar-refractivity contribution in [3.8, 4) is 5.75 Å². The van der Waals surface area contributed by atoms with Crippen LogP contribution in [0.1, 0.15) is 0 Å². The minimum Gasteiger partial charge on any atom is -0.506 e. The first-order valence-corrected chi connectivity index (χ1v) is 12.2. The molecule has 154 valence electrons. The fourth-order valence-electron chi connectivity index (χ4n) is 3.03. The number of nitrogens with one attached hydrogen (secondary N) is 2. The Morgan fingerprint density at radius 3 is 2.59 bits per heavy atom. The minimum absolute atomic E-state index is 0.0156. The van der Waals surface area contributed by atoms with E-state index in [0.717, 1.165) is 0 Å². The molecular formula is C17H17ClN4O5S2. The van der Waals surface area contributed by atoms with Gasteiger partial charge in [0.1, 0.15) is 5.75 Å². The maximum atomic E-state index is 12.9. The second-order valence-electron chi connectivity index (χ2n) is 6.61. The number of sulfonamides is 1. The van der Waals surface area contributed by atoms with E-state index in [4.69, 9.17) is 11.6 Å². The normalized spacial score (nSPS) is 17.4. The monoisotopic (exact) mass is 456 g/mol. The van der Waals surface area contributed by atoms with E-state index in [-0.39, 0.29) is 35.2 Å². The van der Waals surface area contributed by atoms with Crippen LogP contribution in [0.5, 0.6) is 5.75 Å². The standard InChI is InChI=1S/C17H17ClN4O5S2/c18-11-1-4-16(23)15(9-11)21-17-19-13-3-2-12(10-14(13)20-17)29(26,27)22-5-7-28(24,25)8-6-22/h1-4,9-10,23H,5-8H2,(H2,19,20,21). The number of benzene rings is 2. The average Bonchev–Trinajstić information content (AvgIpc) is 3.06. The Bertz CT molecular complexity index is 1290. The topological polar surface area (TPSA) is 132 Å². The summed E-state index contributed by atoms with van der Waals surface area (Å²) in [5.41, 5.74) is 1.34. The fraction of sp³-hybridized carbons (Fsp3) is 0.235. The molecule has 2 aromatic carbocycles. The number of aromatic amines is 1. The molecule has 1 aliphatic heterocycles. The molecule has 29 heavy (non-hydrogen) atoms. The predicted molar refractivity (Wildman–Crippen MR) is 110 cm³/mol. The SMILES string of the molecule is O=S1(=O)CCN(S(=O)(=O)c2ccc3[nH]c(Nc4cc(Cl)ccc4O)nc3c2)CC1. The molecule has 3 aromatic rings. The van der Waals surface area contributed by atoms with Gasteiger partial charge >= 0.3 is 0 Å². The number of phenolic OH excluding ortho intramolecular Hbond substituents is 1. The number of H-pyrrole nitrogens is 1. The fourth-order valence-corrected chi connectivity index (χ4v) is 6.09. The van der Waals surface area contributed by atoms with Crippen molar-refractivity contribution in [2.75, 3.05) is 29.9 Å². The van der Waals surface area contributed by atoms with E-state index < -0.39 is 19.9 Å². The number of anilines is 2. The number of aromatic hydroxyl groups is 1. The Hall–Kier alpha value is -2.34. The van der Waals surface area contributed by atoms with Crippen LogP contribution in [0.15, 0.2) is 41.3 Å². The second kappa shape index (κ2) is 7.17. The van der Waals surface area contributed by atoms with E-state index in [2.05, 4.69) is 15.3 Å². The Labute approximate surface area is 172 Å². The molecule has 0 amide bonds. The van der Waals surface area contributed by atoms with Gasteiger partial charge in [-0.2, -0.15) is 4.31 Å². The minimum atomic E-state index is -3.83. The number of aromatic nitrogens is 2. The third kappa shape index (κ3) is 4.04. The number of imidazole rings is 1. The second-order valence-corrected chi connectivity index (χ2v) is 11.3. The van der Waals surface area contributed by atoms with E-state index in [1.807, 2.05) is 0 Å². The van der Waals surface area contributed by atoms with Crippen LogP contribution in [0.3, 0.4) is 0 Å². The summed E-state index contributed by atoms with van der Waals surface area (Å²) in [5.74, 6) is -0.0864. The van der Waals surface area contributed by atoms with Gasteiger partial charge in [0, 0.05) is 18.1 Å². The average molecular weight is 457 g/mol. The maximum absolute atomic E-state index is 12.9. The Kier molecular flexibility index (Phi) is 4.93. The lowest BCUT2D eigenvalue weighted by Gasteiger charge is -2.25. The van der Waals surface area contributed by atoms with Crippen molar-refractivity contribution in [1.29, 1.82) is 0 Å². The van der Waals surface area contributed by atoms with Gasteiger partial charge in [-0.1, -0.05) is 11.6 Å². The Morgan fingerprint density at radius 1 is 1.14 bits per heavy atom. The summed E-state index contributed by atoms with van der Waals surface area (Å²) in [6.45, 7) is -0.131. The lowest BCUT2D eigenvalue weighted by Crippen LogP contribution is -2.43. The van der Waals surface area contributed by atoms with Crippen LogP contribution in [-0.2, 0) is 19.9 Å². The van der Waals surface area contributed by atoms with E-state index in [1.165, 1.54) is 28.6 Å². The summed E-state index contributed by atoms with van der Waals surface area (Å²) in [7, 11) is -7.02. The first kappa shape index (κ1) is 20.0. The maximum Gasteiger partial charge on any atom is 0.243 e. The molecule has 12 heteroatoms. The lowest BCUT2D eigenvalue weighted by atomic mass is 10.3. The molecule has 0 bridgehead atoms. The van der Waals surface area contributed by atoms with E-state index in [9.17, 15) is 21.9 Å². The number of hydrogen-bond acceptors (Lipinski definition) is 7. The van der Waals surface area contributed by atoms with Crippen LogP contribution in [0.2, 0.25) is 5.02 Å². The number of sulfone groups is 1. The first-order chi connectivity index (χ1) is 13.6. The van der Waals surface area contributed by atoms with Crippen molar-refractivity contribution < 1.29 is 21.9 Å². The number of hydrogen-bond donors (Lipinski definition) is 3. The smallest absolute Gasteiger partial charge is 0.243 e. The van der Waals surface area contributed by atoms with Crippen molar-refractivity contribution in [2.45, 2.75) is 4.90 Å². The van der Waals surface area contributed by atoms with E-state index in [1.54, 1.807) is 12.1 Å². The zero-order valence-corrected chi connectivity index (χ0v) is 17.4. The summed E-state index contributed by atoms with van der Waals surface area (Å²) < 4.78 is 50.0. The molecule has 1 aliphatic rings. The lowest BCUT2D eigenvalue weighted by molar-refractivity contribution is 0.431. The largest absolute Gasteiger partial charge is 0.506 e. The highest BCUT2D eigenvalue weighted by molar-refractivity contribution is 7.92. The molecule has 0 unspecified atom stereocenters. The summed E-state index contributed by atoms with van der Waals surface area (Å²) in [5, 5.41) is 13.2. The molecule has 4 rings (SSSR count). The molecule has 3 N–H and O–H groups in total. The summed E-state index contributed by atoms with van der Waals surface area (Å²) in [4.78, 5) is 7.35. The van der Waals surface area contributed by atoms with Crippen LogP contribution in [-0.4, -0.2) is 60.8 Å². The van der Waals surface area contributed by atoms with Crippen molar-refractivity contribution >= 4 is 54.1 Å². The predicted octanol–water partition coefficient (Wildman–Crippen LogP) is 2.08. The molecule has 0 spiro atoms. The quantitative estimate of drug-likeness (QED) is 0.512. The van der Waals surface area contributed by atoms with Gasteiger partial charge in [-0.25, -0.2) is 21.8 Å². The van der Waals surface area contributed by atoms with E-state index in [0.29, 0.717) is 27.7 Å². The van der Waals surface area contributed by atoms with Gasteiger partial charge in [-0.05, 0) is 36.4 Å². The molecule has 0 atom stereocenters. The summed E-state index contributed by atoms with van der Waals surface area (Å²) in [6, 6.07) is 8.97. The highest BCUT2D eigenvalue weighted by Crippen LogP contribution is 2.30. The van der Waals surface area contributed by atoms with Crippen molar-refractivity contribution in [2.24, 2.45) is 0 Å². The number of nitrogens with zero attached hydrogens (tertiary/aromatic N) is 2. The van der Waals surface area contributed by atoms with Crippen LogP contribution in [0.4, 0.5) is 11.6 Å². The zero-order chi connectivity index (χ0) is 20.8. The van der Waals surface area contributed by atoms with Crippen LogP contribution in [0.25, 0.3) is 11.0 Å². The summed E-state index contributed by atoms with van der Waals surface area (Å²) in [6.07, 6.45) is 0. The van der Waals surface area contributed by atoms with Gasteiger partial charge in [0.05, 0.1) is 33.1 Å². The van der Waals surface area contributed by atoms with Gasteiger partial charge in [-0.15, -0.1) is 0 Å². The molecule has 1 saturated heterocycles. The van der Waals surface area contributed by atoms with Gasteiger partial charge in [0.25, 0.3) is 0 Å². The highest BCUT2D eigenvalue weighted by atomic mass is 35.5. The molecule has 0 aliphatic carbocycles. The molecule has 0 saturated carbocycles. The van der Waals surface area contributed by atoms with Crippen molar-refractivity contribution in [1.82, 2.24) is 14.3 Å². The number of phenols is 1. The third-order valence-electron chi connectivity index (χ3n) is 4.61. The van der Waals surface area contributed by atoms with Crippen LogP contribution >= 0.6 is 11.6 Å². The van der Waals surface area contributed by atoms with E-state index >= 15 is 0 Å². The molecule has 9 nitrogen and oxygen atoms in total. The molecular weight excluding hydrogens is 440 g/mol. The van der Waals surface area contributed by atoms with Gasteiger partial charge in [0.2, 0.25) is 16.0 Å². The summed E-state index contributed by atoms with van der Waals surface area (Å²) >= 11 is 5.93. The van der Waals surface area contributed by atoms with Crippen LogP contribution in [0, 0.1) is 0 Å². The number of halogens is 1. The zero-order valence-electron chi connectivity index (χ0n) is 15.0. The number of rotatable bonds is 4. The van der Waals surface area contributed by atoms with Crippen LogP contribution < -0.4 is 5.32 Å². The highest BCUT2D eigenvalue weighted by Gasteiger charge is 2.31. The third-order valence-corrected chi connectivity index (χ3v) is 8.35. The first-order valence-electron chi connectivity index (χ1n) is 8.60. The van der Waals surface area contributed by atoms with Gasteiger partial charge in [0.15, 0.2) is 9.84 Å². The Morgan fingerprint density at radius 2 is 1.86 bits per heavy atom. The van der Waals surface area contributed by atoms with Gasteiger partial charge < -0.3 is 15.4 Å². The molecule has 0 radical (unpaired) electrons.